The van der Waals surface area contributed by atoms with Crippen molar-refractivity contribution in [1.82, 2.24) is 0 Å². The first-order valence-electron chi connectivity index (χ1n) is 2.25. The van der Waals surface area contributed by atoms with Crippen molar-refractivity contribution in [1.29, 1.82) is 0 Å². The van der Waals surface area contributed by atoms with Crippen molar-refractivity contribution < 1.29 is 4.74 Å². The Morgan fingerprint density at radius 1 is 1.75 bits per heavy atom. The minimum atomic E-state index is 0.344. The van der Waals surface area contributed by atoms with Gasteiger partial charge in [0.15, 0.2) is 0 Å². The smallest absolute Gasteiger partial charge is 0.142 e. The van der Waals surface area contributed by atoms with E-state index in [1.54, 1.807) is 12.2 Å². The molecule has 0 spiro atoms. The molecule has 0 aromatic heterocycles. The molecule has 1 heterocycles. The molecule has 3 nitrogen and oxygen atoms in total. The Hall–Kier alpha value is -1.12. The maximum Gasteiger partial charge on any atom is 0.142 e. The summed E-state index contributed by atoms with van der Waals surface area (Å²) in [7, 11) is 0. The number of nitrogens with zero attached hydrogens (tertiary/aromatic N) is 1. The van der Waals surface area contributed by atoms with Crippen LogP contribution in [0.4, 0.5) is 0 Å². The van der Waals surface area contributed by atoms with Crippen LogP contribution in [0.1, 0.15) is 0 Å². The summed E-state index contributed by atoms with van der Waals surface area (Å²) in [5.74, 6) is 0. The minimum Gasteiger partial charge on any atom is -0.495 e. The van der Waals surface area contributed by atoms with E-state index in [1.807, 2.05) is 0 Å². The Morgan fingerprint density at radius 2 is 2.62 bits per heavy atom. The molecule has 1 rings (SSSR count). The molecule has 0 bridgehead atoms. The molecule has 0 amide bonds. The predicted molar refractivity (Wildman–Crippen MR) is 29.0 cm³/mol. The molecule has 1 aliphatic heterocycles. The van der Waals surface area contributed by atoms with E-state index >= 15 is 0 Å². The Bertz CT molecular complexity index is 149. The number of nitroso groups, excluding NO2 is 1. The summed E-state index contributed by atoms with van der Waals surface area (Å²) in [6.45, 7) is 0.541. The predicted octanol–water partition coefficient (Wildman–Crippen LogP) is 1.18. The van der Waals surface area contributed by atoms with Crippen molar-refractivity contribution in [2.24, 2.45) is 5.18 Å². The standard InChI is InChI=1S/C5H5NO2/c7-6-5-2-1-3-8-4-5/h1-2,4H,3H2. The van der Waals surface area contributed by atoms with E-state index in [1.165, 1.54) is 6.26 Å². The number of allylic oxidation sites excluding steroid dienone is 1. The maximum atomic E-state index is 9.71. The van der Waals surface area contributed by atoms with Gasteiger partial charge in [0.2, 0.25) is 0 Å². The molecule has 1 aliphatic rings. The van der Waals surface area contributed by atoms with Crippen molar-refractivity contribution in [2.45, 2.75) is 0 Å². The van der Waals surface area contributed by atoms with Gasteiger partial charge in [-0.05, 0) is 17.3 Å². The van der Waals surface area contributed by atoms with Crippen LogP contribution in [0.2, 0.25) is 0 Å². The van der Waals surface area contributed by atoms with Crippen LogP contribution < -0.4 is 0 Å². The molecule has 0 saturated heterocycles. The van der Waals surface area contributed by atoms with Gasteiger partial charge in [-0.15, -0.1) is 4.91 Å². The third-order valence-electron chi connectivity index (χ3n) is 0.791. The molecule has 0 aliphatic carbocycles. The lowest BCUT2D eigenvalue weighted by Gasteiger charge is -1.98. The third kappa shape index (κ3) is 0.932. The van der Waals surface area contributed by atoms with E-state index in [-0.39, 0.29) is 0 Å². The van der Waals surface area contributed by atoms with E-state index in [0.717, 1.165) is 0 Å². The maximum absolute atomic E-state index is 9.71. The topological polar surface area (TPSA) is 38.7 Å². The van der Waals surface area contributed by atoms with E-state index < -0.39 is 0 Å². The first-order valence-corrected chi connectivity index (χ1v) is 2.25. The Kier molecular flexibility index (Phi) is 1.42. The van der Waals surface area contributed by atoms with E-state index in [9.17, 15) is 4.91 Å². The van der Waals surface area contributed by atoms with Gasteiger partial charge in [-0.1, -0.05) is 0 Å². The van der Waals surface area contributed by atoms with Gasteiger partial charge in [0.25, 0.3) is 0 Å². The van der Waals surface area contributed by atoms with Gasteiger partial charge in [0.05, 0.1) is 0 Å². The molecule has 8 heavy (non-hydrogen) atoms. The van der Waals surface area contributed by atoms with Gasteiger partial charge >= 0.3 is 0 Å². The lowest BCUT2D eigenvalue weighted by molar-refractivity contribution is 0.282. The summed E-state index contributed by atoms with van der Waals surface area (Å²) in [5.41, 5.74) is 0.344. The van der Waals surface area contributed by atoms with E-state index in [2.05, 4.69) is 5.18 Å². The second kappa shape index (κ2) is 2.26. The Balaban J connectivity index is 2.64. The zero-order valence-corrected chi connectivity index (χ0v) is 4.20. The molecule has 0 unspecified atom stereocenters. The lowest BCUT2D eigenvalue weighted by atomic mass is 10.4. The highest BCUT2D eigenvalue weighted by Gasteiger charge is 1.93. The van der Waals surface area contributed by atoms with Crippen LogP contribution in [0.25, 0.3) is 0 Å². The average Bonchev–Trinajstić information content (AvgIpc) is 1.90. The second-order valence-corrected chi connectivity index (χ2v) is 1.37. The molecule has 0 saturated carbocycles. The van der Waals surface area contributed by atoms with Gasteiger partial charge in [-0.25, -0.2) is 0 Å². The quantitative estimate of drug-likeness (QED) is 0.476. The molecular formula is C5H5NO2. The van der Waals surface area contributed by atoms with Crippen LogP contribution in [0.15, 0.2) is 29.3 Å². The summed E-state index contributed by atoms with van der Waals surface area (Å²) < 4.78 is 4.73. The molecule has 0 aromatic carbocycles. The molecular weight excluding hydrogens is 106 g/mol. The first kappa shape index (κ1) is 5.03. The van der Waals surface area contributed by atoms with Crippen LogP contribution in [0, 0.1) is 4.91 Å². The van der Waals surface area contributed by atoms with Crippen LogP contribution in [0.5, 0.6) is 0 Å². The Labute approximate surface area is 46.6 Å². The molecule has 0 aromatic rings. The minimum absolute atomic E-state index is 0.344. The largest absolute Gasteiger partial charge is 0.495 e. The van der Waals surface area contributed by atoms with Gasteiger partial charge in [-0.2, -0.15) is 0 Å². The average molecular weight is 111 g/mol. The number of rotatable bonds is 1. The fraction of sp³-hybridized carbons (Fsp3) is 0.200. The van der Waals surface area contributed by atoms with Crippen molar-refractivity contribution in [3.63, 3.8) is 0 Å². The second-order valence-electron chi connectivity index (χ2n) is 1.37. The van der Waals surface area contributed by atoms with Crippen LogP contribution in [0.3, 0.4) is 0 Å². The molecule has 0 radical (unpaired) electrons. The van der Waals surface area contributed by atoms with Crippen LogP contribution >= 0.6 is 0 Å². The highest BCUT2D eigenvalue weighted by Crippen LogP contribution is 2.02. The number of hydrogen-bond acceptors (Lipinski definition) is 3. The first-order chi connectivity index (χ1) is 3.93. The number of ether oxygens (including phenoxy) is 1. The number of hydrogen-bond donors (Lipinski definition) is 0. The van der Waals surface area contributed by atoms with Crippen LogP contribution in [-0.2, 0) is 4.74 Å². The highest BCUT2D eigenvalue weighted by molar-refractivity contribution is 5.16. The molecule has 0 fully saturated rings. The van der Waals surface area contributed by atoms with Gasteiger partial charge in [0, 0.05) is 0 Å². The van der Waals surface area contributed by atoms with Gasteiger partial charge in [-0.3, -0.25) is 0 Å². The van der Waals surface area contributed by atoms with Gasteiger partial charge < -0.3 is 4.74 Å². The van der Waals surface area contributed by atoms with Gasteiger partial charge in [0.1, 0.15) is 18.6 Å². The third-order valence-corrected chi connectivity index (χ3v) is 0.791. The van der Waals surface area contributed by atoms with Crippen molar-refractivity contribution in [3.8, 4) is 0 Å². The molecule has 3 heteroatoms. The normalized spacial score (nSPS) is 16.8. The Morgan fingerprint density at radius 3 is 3.00 bits per heavy atom. The molecule has 42 valence electrons. The highest BCUT2D eigenvalue weighted by atomic mass is 16.5. The van der Waals surface area contributed by atoms with Crippen molar-refractivity contribution in [2.75, 3.05) is 6.61 Å². The fourth-order valence-corrected chi connectivity index (χ4v) is 0.449. The summed E-state index contributed by atoms with van der Waals surface area (Å²) in [6, 6.07) is 0. The van der Waals surface area contributed by atoms with E-state index in [0.29, 0.717) is 12.3 Å². The van der Waals surface area contributed by atoms with E-state index in [4.69, 9.17) is 4.74 Å². The lowest BCUT2D eigenvalue weighted by Crippen LogP contribution is -1.88. The van der Waals surface area contributed by atoms with Crippen molar-refractivity contribution in [3.05, 3.63) is 29.0 Å². The zero-order chi connectivity index (χ0) is 5.82. The summed E-state index contributed by atoms with van der Waals surface area (Å²) in [6.07, 6.45) is 4.69. The summed E-state index contributed by atoms with van der Waals surface area (Å²) >= 11 is 0. The zero-order valence-electron chi connectivity index (χ0n) is 4.20. The fourth-order valence-electron chi connectivity index (χ4n) is 0.449. The molecule has 0 atom stereocenters. The SMILES string of the molecule is O=NC1=COCC=C1. The van der Waals surface area contributed by atoms with Crippen molar-refractivity contribution >= 4 is 0 Å². The molecule has 0 N–H and O–H groups in total. The summed E-state index contributed by atoms with van der Waals surface area (Å²) in [5, 5.41) is 2.65. The monoisotopic (exact) mass is 111 g/mol. The summed E-state index contributed by atoms with van der Waals surface area (Å²) in [4.78, 5) is 9.71. The van der Waals surface area contributed by atoms with Crippen LogP contribution in [-0.4, -0.2) is 6.61 Å².